The van der Waals surface area contributed by atoms with E-state index < -0.39 is 0 Å². The van der Waals surface area contributed by atoms with Gasteiger partial charge in [0.2, 0.25) is 0 Å². The molecule has 68 valence electrons. The third kappa shape index (κ3) is 3.91. The molecule has 0 fully saturated rings. The Morgan fingerprint density at radius 3 is 2.58 bits per heavy atom. The van der Waals surface area contributed by atoms with E-state index in [4.69, 9.17) is 4.74 Å². The van der Waals surface area contributed by atoms with Gasteiger partial charge in [-0.2, -0.15) is 0 Å². The molecule has 0 aliphatic carbocycles. The third-order valence-corrected chi connectivity index (χ3v) is 1.45. The lowest BCUT2D eigenvalue weighted by molar-refractivity contribution is -0.146. The number of carbonyl (C=O) groups is 2. The number of hydrogen-bond donors (Lipinski definition) is 0. The molecule has 3 heteroatoms. The first-order chi connectivity index (χ1) is 5.76. The van der Waals surface area contributed by atoms with Gasteiger partial charge >= 0.3 is 5.97 Å². The van der Waals surface area contributed by atoms with Crippen LogP contribution in [0.5, 0.6) is 0 Å². The summed E-state index contributed by atoms with van der Waals surface area (Å²) in [6.45, 7) is 4.01. The Bertz CT molecular complexity index is 173. The molecule has 0 aromatic carbocycles. The molecule has 0 aromatic heterocycles. The predicted octanol–water partition coefficient (Wildman–Crippen LogP) is 1.33. The van der Waals surface area contributed by atoms with E-state index in [1.807, 2.05) is 6.92 Å². The zero-order valence-electron chi connectivity index (χ0n) is 7.45. The Balaban J connectivity index is 4.04. The minimum atomic E-state index is -0.282. The van der Waals surface area contributed by atoms with E-state index in [1.54, 1.807) is 13.0 Å². The Labute approximate surface area is 72.4 Å². The largest absolute Gasteiger partial charge is 0.466 e. The van der Waals surface area contributed by atoms with Crippen LogP contribution in [-0.4, -0.2) is 18.9 Å². The molecule has 0 heterocycles. The molecule has 0 saturated heterocycles. The third-order valence-electron chi connectivity index (χ3n) is 1.45. The zero-order chi connectivity index (χ0) is 9.40. The van der Waals surface area contributed by atoms with Crippen LogP contribution in [0.3, 0.4) is 0 Å². The average Bonchev–Trinajstić information content (AvgIpc) is 2.06. The normalized spacial score (nSPS) is 12.8. The van der Waals surface area contributed by atoms with Crippen molar-refractivity contribution < 1.29 is 14.3 Å². The molecule has 0 aliphatic heterocycles. The summed E-state index contributed by atoms with van der Waals surface area (Å²) >= 11 is 0. The van der Waals surface area contributed by atoms with E-state index in [1.165, 1.54) is 6.08 Å². The molecule has 0 rings (SSSR count). The van der Waals surface area contributed by atoms with Gasteiger partial charge < -0.3 is 4.74 Å². The minimum Gasteiger partial charge on any atom is -0.466 e. The molecule has 0 aliphatic rings. The van der Waals surface area contributed by atoms with Crippen molar-refractivity contribution in [3.8, 4) is 0 Å². The van der Waals surface area contributed by atoms with Gasteiger partial charge in [-0.1, -0.05) is 13.0 Å². The number of aldehydes is 1. The summed E-state index contributed by atoms with van der Waals surface area (Å²) < 4.78 is 4.79. The van der Waals surface area contributed by atoms with Gasteiger partial charge in [0.05, 0.1) is 12.5 Å². The van der Waals surface area contributed by atoms with Crippen LogP contribution in [-0.2, 0) is 14.3 Å². The van der Waals surface area contributed by atoms with Crippen molar-refractivity contribution in [2.24, 2.45) is 5.92 Å². The Hall–Kier alpha value is -1.12. The molecule has 0 aromatic rings. The predicted molar refractivity (Wildman–Crippen MR) is 45.6 cm³/mol. The van der Waals surface area contributed by atoms with Crippen LogP contribution in [0.25, 0.3) is 0 Å². The summed E-state index contributed by atoms with van der Waals surface area (Å²) in [5, 5.41) is 0. The van der Waals surface area contributed by atoms with Gasteiger partial charge in [-0.05, 0) is 19.4 Å². The Morgan fingerprint density at radius 2 is 2.17 bits per heavy atom. The summed E-state index contributed by atoms with van der Waals surface area (Å²) in [5.41, 5.74) is 0. The second kappa shape index (κ2) is 6.58. The summed E-state index contributed by atoms with van der Waals surface area (Å²) in [5.74, 6) is -0.548. The minimum absolute atomic E-state index is 0.266. The average molecular weight is 170 g/mol. The molecule has 1 atom stereocenters. The maximum atomic E-state index is 11.1. The highest BCUT2D eigenvalue weighted by Gasteiger charge is 2.12. The van der Waals surface area contributed by atoms with Crippen molar-refractivity contribution in [3.05, 3.63) is 12.2 Å². The van der Waals surface area contributed by atoms with Crippen LogP contribution in [0.1, 0.15) is 20.3 Å². The second-order valence-corrected chi connectivity index (χ2v) is 2.29. The lowest BCUT2D eigenvalue weighted by Gasteiger charge is -2.07. The molecule has 0 bridgehead atoms. The van der Waals surface area contributed by atoms with Crippen molar-refractivity contribution in [1.29, 1.82) is 0 Å². The standard InChI is InChI=1S/C9H14O3/c1-3-8(6-5-7-10)9(11)12-4-2/h5-8H,3-4H2,1-2H3/b6-5+. The highest BCUT2D eigenvalue weighted by molar-refractivity contribution is 5.76. The van der Waals surface area contributed by atoms with Crippen molar-refractivity contribution in [2.75, 3.05) is 6.61 Å². The molecule has 12 heavy (non-hydrogen) atoms. The van der Waals surface area contributed by atoms with E-state index in [0.717, 1.165) is 0 Å². The first-order valence-electron chi connectivity index (χ1n) is 4.04. The van der Waals surface area contributed by atoms with Gasteiger partial charge in [-0.25, -0.2) is 0 Å². The molecule has 1 unspecified atom stereocenters. The molecule has 0 saturated carbocycles. The number of esters is 1. The van der Waals surface area contributed by atoms with Crippen LogP contribution in [0.2, 0.25) is 0 Å². The number of rotatable bonds is 5. The molecule has 3 nitrogen and oxygen atoms in total. The van der Waals surface area contributed by atoms with Crippen LogP contribution in [0.15, 0.2) is 12.2 Å². The van der Waals surface area contributed by atoms with E-state index in [9.17, 15) is 9.59 Å². The summed E-state index contributed by atoms with van der Waals surface area (Å²) in [6, 6.07) is 0. The lowest BCUT2D eigenvalue weighted by atomic mass is 10.1. The highest BCUT2D eigenvalue weighted by atomic mass is 16.5. The highest BCUT2D eigenvalue weighted by Crippen LogP contribution is 2.06. The van der Waals surface area contributed by atoms with Crippen molar-refractivity contribution in [1.82, 2.24) is 0 Å². The van der Waals surface area contributed by atoms with Gasteiger partial charge in [-0.15, -0.1) is 0 Å². The molecular weight excluding hydrogens is 156 g/mol. The molecule has 0 amide bonds. The van der Waals surface area contributed by atoms with E-state index in [0.29, 0.717) is 19.3 Å². The maximum absolute atomic E-state index is 11.1. The quantitative estimate of drug-likeness (QED) is 0.355. The van der Waals surface area contributed by atoms with Crippen molar-refractivity contribution in [2.45, 2.75) is 20.3 Å². The van der Waals surface area contributed by atoms with Crippen LogP contribution in [0.4, 0.5) is 0 Å². The number of hydrogen-bond acceptors (Lipinski definition) is 3. The van der Waals surface area contributed by atoms with Gasteiger partial charge in [0.15, 0.2) is 0 Å². The maximum Gasteiger partial charge on any atom is 0.312 e. The van der Waals surface area contributed by atoms with E-state index in [2.05, 4.69) is 0 Å². The SMILES string of the molecule is CCOC(=O)C(/C=C/C=O)CC. The second-order valence-electron chi connectivity index (χ2n) is 2.29. The summed E-state index contributed by atoms with van der Waals surface area (Å²) in [4.78, 5) is 21.1. The van der Waals surface area contributed by atoms with Crippen molar-refractivity contribution in [3.63, 3.8) is 0 Å². The summed E-state index contributed by atoms with van der Waals surface area (Å²) in [7, 11) is 0. The summed E-state index contributed by atoms with van der Waals surface area (Å²) in [6.07, 6.45) is 4.20. The van der Waals surface area contributed by atoms with Gasteiger partial charge in [0.25, 0.3) is 0 Å². The lowest BCUT2D eigenvalue weighted by Crippen LogP contribution is -2.14. The number of ether oxygens (including phenoxy) is 1. The Kier molecular flexibility index (Phi) is 5.97. The monoisotopic (exact) mass is 170 g/mol. The smallest absolute Gasteiger partial charge is 0.312 e. The van der Waals surface area contributed by atoms with Crippen LogP contribution in [0, 0.1) is 5.92 Å². The van der Waals surface area contributed by atoms with Crippen LogP contribution >= 0.6 is 0 Å². The molecule has 0 radical (unpaired) electrons. The van der Waals surface area contributed by atoms with Gasteiger partial charge in [-0.3, -0.25) is 9.59 Å². The molecule has 0 spiro atoms. The fraction of sp³-hybridized carbons (Fsp3) is 0.556. The van der Waals surface area contributed by atoms with E-state index in [-0.39, 0.29) is 11.9 Å². The van der Waals surface area contributed by atoms with Crippen LogP contribution < -0.4 is 0 Å². The van der Waals surface area contributed by atoms with Crippen molar-refractivity contribution >= 4 is 12.3 Å². The first kappa shape index (κ1) is 10.9. The molecular formula is C9H14O3. The zero-order valence-corrected chi connectivity index (χ0v) is 7.45. The molecule has 0 N–H and O–H groups in total. The fourth-order valence-electron chi connectivity index (χ4n) is 0.810. The number of carbonyl (C=O) groups excluding carboxylic acids is 2. The topological polar surface area (TPSA) is 43.4 Å². The van der Waals surface area contributed by atoms with E-state index >= 15 is 0 Å². The fourth-order valence-corrected chi connectivity index (χ4v) is 0.810. The van der Waals surface area contributed by atoms with Gasteiger partial charge in [0.1, 0.15) is 6.29 Å². The number of allylic oxidation sites excluding steroid dienone is 1. The first-order valence-corrected chi connectivity index (χ1v) is 4.04. The van der Waals surface area contributed by atoms with Gasteiger partial charge in [0, 0.05) is 0 Å². The Morgan fingerprint density at radius 1 is 1.50 bits per heavy atom.